The molecule has 0 aliphatic heterocycles. The molecule has 0 bridgehead atoms. The Bertz CT molecular complexity index is 1720. The first-order valence-corrected chi connectivity index (χ1v) is 19.1. The molecule has 0 N–H and O–H groups in total. The van der Waals surface area contributed by atoms with Gasteiger partial charge in [-0.3, -0.25) is 0 Å². The molecule has 0 aromatic heterocycles. The van der Waals surface area contributed by atoms with E-state index >= 15 is 0 Å². The van der Waals surface area contributed by atoms with Gasteiger partial charge < -0.3 is 24.8 Å². The van der Waals surface area contributed by atoms with E-state index in [0.29, 0.717) is 7.25 Å². The summed E-state index contributed by atoms with van der Waals surface area (Å²) in [5, 5.41) is 0. The second-order valence-corrected chi connectivity index (χ2v) is 17.9. The maximum Gasteiger partial charge on any atom is -1.00 e. The summed E-state index contributed by atoms with van der Waals surface area (Å²) in [4.78, 5) is 0. The number of hydrogen-bond acceptors (Lipinski definition) is 0. The van der Waals surface area contributed by atoms with Gasteiger partial charge in [0.2, 0.25) is 0 Å². The van der Waals surface area contributed by atoms with E-state index in [0.717, 1.165) is 12.8 Å². The van der Waals surface area contributed by atoms with Crippen LogP contribution in [0, 0.1) is 6.92 Å². The van der Waals surface area contributed by atoms with Gasteiger partial charge in [-0.15, -0.1) is 0 Å². The number of aryl methyl sites for hydroxylation is 3. The molecule has 0 saturated heterocycles. The Morgan fingerprint density at radius 1 is 0.605 bits per heavy atom. The van der Waals surface area contributed by atoms with Gasteiger partial charge in [0.15, 0.2) is 0 Å². The van der Waals surface area contributed by atoms with Gasteiger partial charge in [0.25, 0.3) is 0 Å². The summed E-state index contributed by atoms with van der Waals surface area (Å²) in [6, 6.07) is 44.3. The van der Waals surface area contributed by atoms with Gasteiger partial charge in [-0.05, 0) is 0 Å². The Labute approximate surface area is 276 Å². The van der Waals surface area contributed by atoms with Crippen molar-refractivity contribution in [3.8, 4) is 11.1 Å². The number of rotatable bonds is 6. The number of fused-ring (bicyclic) bond motifs is 4. The van der Waals surface area contributed by atoms with E-state index in [9.17, 15) is 0 Å². The van der Waals surface area contributed by atoms with E-state index in [-0.39, 0.29) is 24.8 Å². The largest absolute Gasteiger partial charge is 1.00 e. The fourth-order valence-corrected chi connectivity index (χ4v) is 16.9. The molecule has 7 rings (SSSR count). The molecular formula is C40H36Cl2Zr. The van der Waals surface area contributed by atoms with Crippen LogP contribution in [0.2, 0.25) is 0 Å². The third kappa shape index (κ3) is 5.62. The van der Waals surface area contributed by atoms with E-state index in [1.165, 1.54) is 50.1 Å². The smallest absolute Gasteiger partial charge is 1.00 e. The molecule has 5 aromatic rings. The molecule has 43 heavy (non-hydrogen) atoms. The Balaban J connectivity index is 0.00000184. The van der Waals surface area contributed by atoms with Crippen molar-refractivity contribution in [2.24, 2.45) is 0 Å². The molecule has 0 saturated carbocycles. The topological polar surface area (TPSA) is 0 Å². The molecule has 3 heteroatoms. The second-order valence-electron chi connectivity index (χ2n) is 11.5. The van der Waals surface area contributed by atoms with Crippen LogP contribution in [0.5, 0.6) is 0 Å². The summed E-state index contributed by atoms with van der Waals surface area (Å²) in [5.74, 6) is 0. The molecule has 0 spiro atoms. The maximum atomic E-state index is 2.59. The summed E-state index contributed by atoms with van der Waals surface area (Å²) in [6.07, 6.45) is 7.15. The standard InChI is InChI=1S/C17H17.C13H10.C10H9.2ClH.Zr/c1-3-12-5-7-16-14(9-12)11-15-10-13(4-2)6-8-17(15)16;1-3-7-12(8-4-1)11-13-9-5-2-6-10-13;1-8-4-2-5-9-6-3-7-10(8)9;;;/h5-11H,3-4H2,1-2H3;1-10H;2-7H,1H3;2*1H;/q;;;;;+2/p-2. The third-order valence-corrected chi connectivity index (χ3v) is 17.9. The van der Waals surface area contributed by atoms with E-state index in [1.807, 2.05) is 0 Å². The Morgan fingerprint density at radius 2 is 1.14 bits per heavy atom. The predicted octanol–water partition coefficient (Wildman–Crippen LogP) is 3.85. The van der Waals surface area contributed by atoms with Gasteiger partial charge in [-0.2, -0.15) is 0 Å². The minimum absolute atomic E-state index is 0. The third-order valence-electron chi connectivity index (χ3n) is 9.17. The summed E-state index contributed by atoms with van der Waals surface area (Å²) in [5.41, 5.74) is 16.1. The fraction of sp³-hybridized carbons (Fsp3) is 0.175. The van der Waals surface area contributed by atoms with Gasteiger partial charge in [0.1, 0.15) is 0 Å². The molecule has 2 aliphatic rings. The van der Waals surface area contributed by atoms with E-state index in [4.69, 9.17) is 0 Å². The molecular weight excluding hydrogens is 643 g/mol. The summed E-state index contributed by atoms with van der Waals surface area (Å²) >= 11 is -2.74. The molecule has 2 aliphatic carbocycles. The normalized spacial score (nSPS) is 14.0. The van der Waals surface area contributed by atoms with Crippen LogP contribution in [-0.2, 0) is 34.1 Å². The van der Waals surface area contributed by atoms with E-state index < -0.39 is 21.3 Å². The van der Waals surface area contributed by atoms with Gasteiger partial charge in [-0.1, -0.05) is 0 Å². The molecule has 0 nitrogen and oxygen atoms in total. The predicted molar refractivity (Wildman–Crippen MR) is 172 cm³/mol. The maximum absolute atomic E-state index is 2.74. The molecule has 0 amide bonds. The Hall–Kier alpha value is -2.83. The van der Waals surface area contributed by atoms with Crippen molar-refractivity contribution < 1.29 is 46.1 Å². The van der Waals surface area contributed by atoms with Gasteiger partial charge in [-0.25, -0.2) is 0 Å². The monoisotopic (exact) mass is 676 g/mol. The van der Waals surface area contributed by atoms with Crippen LogP contribution in [-0.4, -0.2) is 3.21 Å². The van der Waals surface area contributed by atoms with Crippen molar-refractivity contribution in [3.63, 3.8) is 0 Å². The number of halogens is 2. The van der Waals surface area contributed by atoms with E-state index in [2.05, 4.69) is 148 Å². The van der Waals surface area contributed by atoms with Crippen LogP contribution < -0.4 is 24.8 Å². The van der Waals surface area contributed by atoms with Gasteiger partial charge in [0.05, 0.1) is 0 Å². The quantitative estimate of drug-likeness (QED) is 0.256. The van der Waals surface area contributed by atoms with Gasteiger partial charge in [0, 0.05) is 0 Å². The van der Waals surface area contributed by atoms with E-state index in [1.54, 1.807) is 14.3 Å². The van der Waals surface area contributed by atoms with Crippen molar-refractivity contribution in [3.05, 3.63) is 171 Å². The zero-order valence-electron chi connectivity index (χ0n) is 24.9. The van der Waals surface area contributed by atoms with Crippen LogP contribution in [0.4, 0.5) is 0 Å². The number of hydrogen-bond donors (Lipinski definition) is 0. The molecule has 1 atom stereocenters. The first-order chi connectivity index (χ1) is 20.2. The molecule has 5 aromatic carbocycles. The number of allylic oxidation sites excluding steroid dienone is 1. The van der Waals surface area contributed by atoms with Crippen LogP contribution in [0.15, 0.2) is 121 Å². The first kappa shape index (κ1) is 31.6. The second kappa shape index (κ2) is 13.4. The molecule has 0 fully saturated rings. The van der Waals surface area contributed by atoms with Crippen molar-refractivity contribution >= 4 is 9.28 Å². The fourth-order valence-electron chi connectivity index (χ4n) is 7.09. The Kier molecular flexibility index (Phi) is 9.87. The minimum atomic E-state index is -2.74. The summed E-state index contributed by atoms with van der Waals surface area (Å²) in [7, 11) is 0. The SMILES string of the molecule is CCc1ccc2c(c1)[CH]([Zr+2](=[C](c1ccccc1)c1ccccc1)[CH]1C=Cc3c(C)cccc31)c1cc(CC)ccc1-2.[Cl-].[Cl-]. The van der Waals surface area contributed by atoms with Crippen LogP contribution in [0.25, 0.3) is 17.2 Å². The van der Waals surface area contributed by atoms with Crippen molar-refractivity contribution in [1.82, 2.24) is 0 Å². The van der Waals surface area contributed by atoms with Crippen molar-refractivity contribution in [2.75, 3.05) is 0 Å². The number of benzene rings is 5. The van der Waals surface area contributed by atoms with Crippen molar-refractivity contribution in [2.45, 2.75) is 40.9 Å². The Morgan fingerprint density at radius 3 is 1.65 bits per heavy atom. The molecule has 0 radical (unpaired) electrons. The zero-order chi connectivity index (χ0) is 27.9. The molecule has 214 valence electrons. The first-order valence-electron chi connectivity index (χ1n) is 15.1. The molecule has 1 unspecified atom stereocenters. The zero-order valence-corrected chi connectivity index (χ0v) is 28.9. The van der Waals surface area contributed by atoms with Crippen LogP contribution >= 0.6 is 0 Å². The van der Waals surface area contributed by atoms with Crippen LogP contribution in [0.1, 0.15) is 71.2 Å². The average Bonchev–Trinajstić information content (AvgIpc) is 3.60. The van der Waals surface area contributed by atoms with Crippen LogP contribution in [0.3, 0.4) is 0 Å². The van der Waals surface area contributed by atoms with Gasteiger partial charge >= 0.3 is 254 Å². The summed E-state index contributed by atoms with van der Waals surface area (Å²) < 4.78 is 2.53. The minimum Gasteiger partial charge on any atom is -1.00 e. The van der Waals surface area contributed by atoms with Crippen molar-refractivity contribution in [1.29, 1.82) is 0 Å². The average molecular weight is 679 g/mol. The molecule has 0 heterocycles. The summed E-state index contributed by atoms with van der Waals surface area (Å²) in [6.45, 7) is 6.85.